The minimum absolute atomic E-state index is 0.152. The summed E-state index contributed by atoms with van der Waals surface area (Å²) in [7, 11) is 0. The molecule has 110 valence electrons. The van der Waals surface area contributed by atoms with Crippen LogP contribution >= 0.6 is 0 Å². The van der Waals surface area contributed by atoms with E-state index in [1.54, 1.807) is 22.6 Å². The van der Waals surface area contributed by atoms with E-state index in [1.165, 1.54) is 0 Å². The molecule has 1 fully saturated rings. The van der Waals surface area contributed by atoms with Crippen LogP contribution in [0.4, 0.5) is 0 Å². The van der Waals surface area contributed by atoms with Gasteiger partial charge in [0.25, 0.3) is 11.8 Å². The summed E-state index contributed by atoms with van der Waals surface area (Å²) in [5.41, 5.74) is 5.52. The summed E-state index contributed by atoms with van der Waals surface area (Å²) in [6.45, 7) is 7.05. The zero-order valence-corrected chi connectivity index (χ0v) is 12.0. The fourth-order valence-corrected chi connectivity index (χ4v) is 2.29. The van der Waals surface area contributed by atoms with Gasteiger partial charge in [-0.05, 0) is 26.8 Å². The summed E-state index contributed by atoms with van der Waals surface area (Å²) < 4.78 is 7.16. The molecule has 2 N–H and O–H groups in total. The van der Waals surface area contributed by atoms with Crippen molar-refractivity contribution in [3.05, 3.63) is 17.5 Å². The lowest BCUT2D eigenvalue weighted by atomic mass is 10.0. The summed E-state index contributed by atoms with van der Waals surface area (Å²) in [5, 5.41) is 4.26. The van der Waals surface area contributed by atoms with E-state index in [1.807, 2.05) is 13.8 Å². The average Bonchev–Trinajstić information content (AvgIpc) is 2.79. The largest absolute Gasteiger partial charge is 0.367 e. The minimum atomic E-state index is -1.13. The van der Waals surface area contributed by atoms with E-state index < -0.39 is 11.5 Å². The molecule has 0 spiro atoms. The van der Waals surface area contributed by atoms with Gasteiger partial charge in [0.15, 0.2) is 11.3 Å². The molecule has 7 heteroatoms. The highest BCUT2D eigenvalue weighted by molar-refractivity contribution is 5.93. The molecule has 20 heavy (non-hydrogen) atoms. The van der Waals surface area contributed by atoms with Crippen LogP contribution in [0.5, 0.6) is 0 Å². The van der Waals surface area contributed by atoms with Crippen molar-refractivity contribution in [1.82, 2.24) is 14.7 Å². The van der Waals surface area contributed by atoms with Gasteiger partial charge in [0.05, 0.1) is 13.2 Å². The van der Waals surface area contributed by atoms with Crippen LogP contribution in [0.2, 0.25) is 0 Å². The molecule has 2 heterocycles. The molecule has 0 bridgehead atoms. The molecule has 2 amide bonds. The molecule has 1 atom stereocenters. The van der Waals surface area contributed by atoms with Crippen LogP contribution in [0, 0.1) is 6.92 Å². The molecule has 0 radical (unpaired) electrons. The van der Waals surface area contributed by atoms with Gasteiger partial charge in [0.1, 0.15) is 0 Å². The van der Waals surface area contributed by atoms with Crippen molar-refractivity contribution in [1.29, 1.82) is 0 Å². The smallest absolute Gasteiger partial charge is 0.274 e. The first-order valence-electron chi connectivity index (χ1n) is 6.65. The molecule has 0 aliphatic carbocycles. The second-order valence-corrected chi connectivity index (χ2v) is 5.16. The highest BCUT2D eigenvalue weighted by Gasteiger charge is 2.39. The molecular formula is C13H20N4O3. The van der Waals surface area contributed by atoms with Crippen LogP contribution < -0.4 is 5.73 Å². The Morgan fingerprint density at radius 2 is 2.25 bits per heavy atom. The van der Waals surface area contributed by atoms with Gasteiger partial charge in [0, 0.05) is 18.8 Å². The lowest BCUT2D eigenvalue weighted by Gasteiger charge is -2.37. The van der Waals surface area contributed by atoms with Crippen molar-refractivity contribution in [3.8, 4) is 0 Å². The number of aryl methyl sites for hydroxylation is 2. The molecule has 0 unspecified atom stereocenters. The maximum absolute atomic E-state index is 12.4. The Morgan fingerprint density at radius 1 is 1.55 bits per heavy atom. The predicted molar refractivity (Wildman–Crippen MR) is 72.1 cm³/mol. The fraction of sp³-hybridized carbons (Fsp3) is 0.615. The Hall–Kier alpha value is -1.89. The number of amides is 2. The van der Waals surface area contributed by atoms with E-state index in [4.69, 9.17) is 10.5 Å². The third-order valence-corrected chi connectivity index (χ3v) is 3.58. The number of aromatic nitrogens is 2. The monoisotopic (exact) mass is 280 g/mol. The standard InChI is InChI=1S/C13H20N4O3/c1-4-17-9(2)7-10(15-17)11(18)16-5-6-20-13(3,8-16)12(14)19/h7H,4-6,8H2,1-3H3,(H2,14,19)/t13-/m1/s1. The summed E-state index contributed by atoms with van der Waals surface area (Å²) in [4.78, 5) is 25.4. The molecule has 1 aliphatic heterocycles. The molecule has 0 aromatic carbocycles. The quantitative estimate of drug-likeness (QED) is 0.839. The highest BCUT2D eigenvalue weighted by atomic mass is 16.5. The average molecular weight is 280 g/mol. The number of primary amides is 1. The van der Waals surface area contributed by atoms with E-state index in [0.29, 0.717) is 25.4 Å². The number of rotatable bonds is 3. The summed E-state index contributed by atoms with van der Waals surface area (Å²) in [6, 6.07) is 1.75. The van der Waals surface area contributed by atoms with E-state index in [9.17, 15) is 9.59 Å². The van der Waals surface area contributed by atoms with Gasteiger partial charge in [-0.15, -0.1) is 0 Å². The zero-order chi connectivity index (χ0) is 14.9. The van der Waals surface area contributed by atoms with Gasteiger partial charge in [-0.25, -0.2) is 0 Å². The number of hydrogen-bond acceptors (Lipinski definition) is 4. The number of morpholine rings is 1. The molecule has 2 rings (SSSR count). The topological polar surface area (TPSA) is 90.4 Å². The van der Waals surface area contributed by atoms with E-state index in [2.05, 4.69) is 5.10 Å². The molecule has 0 saturated carbocycles. The van der Waals surface area contributed by atoms with Gasteiger partial charge in [-0.3, -0.25) is 14.3 Å². The molecule has 1 aromatic heterocycles. The number of ether oxygens (including phenoxy) is 1. The van der Waals surface area contributed by atoms with Crippen molar-refractivity contribution in [2.75, 3.05) is 19.7 Å². The van der Waals surface area contributed by atoms with Crippen LogP contribution in [0.3, 0.4) is 0 Å². The molecule has 1 aromatic rings. The second kappa shape index (κ2) is 5.24. The first kappa shape index (κ1) is 14.5. The third-order valence-electron chi connectivity index (χ3n) is 3.58. The van der Waals surface area contributed by atoms with Crippen LogP contribution in [0.15, 0.2) is 6.07 Å². The van der Waals surface area contributed by atoms with Crippen molar-refractivity contribution in [2.24, 2.45) is 5.73 Å². The summed E-state index contributed by atoms with van der Waals surface area (Å²) >= 11 is 0. The summed E-state index contributed by atoms with van der Waals surface area (Å²) in [6.07, 6.45) is 0. The van der Waals surface area contributed by atoms with Gasteiger partial charge in [-0.1, -0.05) is 0 Å². The van der Waals surface area contributed by atoms with Crippen LogP contribution in [0.1, 0.15) is 30.0 Å². The number of nitrogens with zero attached hydrogens (tertiary/aromatic N) is 3. The Bertz CT molecular complexity index is 540. The number of carbonyl (C=O) groups is 2. The SMILES string of the molecule is CCn1nc(C(=O)N2CCO[C@@](C)(C(N)=O)C2)cc1C. The van der Waals surface area contributed by atoms with Gasteiger partial charge < -0.3 is 15.4 Å². The van der Waals surface area contributed by atoms with Crippen molar-refractivity contribution >= 4 is 11.8 Å². The molecule has 1 saturated heterocycles. The van der Waals surface area contributed by atoms with Gasteiger partial charge in [0.2, 0.25) is 0 Å². The lowest BCUT2D eigenvalue weighted by Crippen LogP contribution is -2.58. The number of carbonyl (C=O) groups excluding carboxylic acids is 2. The van der Waals surface area contributed by atoms with E-state index in [-0.39, 0.29) is 12.5 Å². The maximum atomic E-state index is 12.4. The maximum Gasteiger partial charge on any atom is 0.274 e. The Kier molecular flexibility index (Phi) is 3.80. The fourth-order valence-electron chi connectivity index (χ4n) is 2.29. The first-order valence-corrected chi connectivity index (χ1v) is 6.65. The Morgan fingerprint density at radius 3 is 2.80 bits per heavy atom. The summed E-state index contributed by atoms with van der Waals surface area (Å²) in [5.74, 6) is -0.763. The predicted octanol–water partition coefficient (Wildman–Crippen LogP) is -0.0722. The van der Waals surface area contributed by atoms with Crippen LogP contribution in [-0.2, 0) is 16.1 Å². The number of nitrogens with two attached hydrogens (primary N) is 1. The molecule has 1 aliphatic rings. The Balaban J connectivity index is 2.18. The number of hydrogen-bond donors (Lipinski definition) is 1. The first-order chi connectivity index (χ1) is 9.37. The van der Waals surface area contributed by atoms with Gasteiger partial charge in [-0.2, -0.15) is 5.10 Å². The van der Waals surface area contributed by atoms with Crippen LogP contribution in [0.25, 0.3) is 0 Å². The molecular weight excluding hydrogens is 260 g/mol. The zero-order valence-electron chi connectivity index (χ0n) is 12.0. The van der Waals surface area contributed by atoms with Crippen molar-refractivity contribution in [3.63, 3.8) is 0 Å². The highest BCUT2D eigenvalue weighted by Crippen LogP contribution is 2.19. The van der Waals surface area contributed by atoms with Gasteiger partial charge >= 0.3 is 0 Å². The Labute approximate surface area is 117 Å². The third kappa shape index (κ3) is 2.53. The molecule has 7 nitrogen and oxygen atoms in total. The normalized spacial score (nSPS) is 22.9. The van der Waals surface area contributed by atoms with E-state index in [0.717, 1.165) is 5.69 Å². The van der Waals surface area contributed by atoms with Crippen molar-refractivity contribution < 1.29 is 14.3 Å². The minimum Gasteiger partial charge on any atom is -0.367 e. The lowest BCUT2D eigenvalue weighted by molar-refractivity contribution is -0.150. The van der Waals surface area contributed by atoms with E-state index >= 15 is 0 Å². The van der Waals surface area contributed by atoms with Crippen LogP contribution in [-0.4, -0.2) is 51.8 Å². The van der Waals surface area contributed by atoms with Crippen molar-refractivity contribution in [2.45, 2.75) is 32.9 Å². The second-order valence-electron chi connectivity index (χ2n) is 5.16.